The SMILES string of the molecule is CCCCCCCCOC(CCCCCCN(CCO)CCCCCCCC(=O)OC(CC)CCCCCC)OCCCCCCCC. The number of ether oxygens (including phenoxy) is 3. The minimum Gasteiger partial charge on any atom is -0.462 e. The van der Waals surface area contributed by atoms with E-state index in [4.69, 9.17) is 14.2 Å². The molecule has 0 spiro atoms. The second kappa shape index (κ2) is 39.1. The molecule has 0 fully saturated rings. The molecule has 1 unspecified atom stereocenters. The van der Waals surface area contributed by atoms with E-state index in [1.165, 1.54) is 109 Å². The summed E-state index contributed by atoms with van der Waals surface area (Å²) >= 11 is 0. The first-order valence-corrected chi connectivity index (χ1v) is 21.4. The van der Waals surface area contributed by atoms with Crippen molar-refractivity contribution in [1.29, 1.82) is 0 Å². The van der Waals surface area contributed by atoms with Gasteiger partial charge in [-0.1, -0.05) is 143 Å². The fraction of sp³-hybridized carbons (Fsp3) is 0.976. The molecule has 0 bridgehead atoms. The van der Waals surface area contributed by atoms with E-state index in [1.807, 2.05) is 0 Å². The van der Waals surface area contributed by atoms with E-state index in [1.54, 1.807) is 0 Å². The van der Waals surface area contributed by atoms with Crippen LogP contribution in [0.5, 0.6) is 0 Å². The van der Waals surface area contributed by atoms with Crippen molar-refractivity contribution >= 4 is 5.97 Å². The van der Waals surface area contributed by atoms with Crippen LogP contribution in [0, 0.1) is 0 Å². The average Bonchev–Trinajstić information content (AvgIpc) is 3.09. The van der Waals surface area contributed by atoms with Gasteiger partial charge in [0.25, 0.3) is 0 Å². The number of aliphatic hydroxyl groups excluding tert-OH is 1. The summed E-state index contributed by atoms with van der Waals surface area (Å²) in [5, 5.41) is 9.59. The Morgan fingerprint density at radius 3 is 1.48 bits per heavy atom. The van der Waals surface area contributed by atoms with Crippen LogP contribution in [-0.4, -0.2) is 67.8 Å². The molecule has 0 radical (unpaired) electrons. The number of rotatable bonds is 40. The van der Waals surface area contributed by atoms with Crippen molar-refractivity contribution in [1.82, 2.24) is 4.90 Å². The van der Waals surface area contributed by atoms with Crippen LogP contribution >= 0.6 is 0 Å². The van der Waals surface area contributed by atoms with Crippen LogP contribution in [0.1, 0.15) is 214 Å². The van der Waals surface area contributed by atoms with E-state index in [9.17, 15) is 9.90 Å². The zero-order valence-electron chi connectivity index (χ0n) is 32.9. The van der Waals surface area contributed by atoms with Gasteiger partial charge in [-0.3, -0.25) is 4.79 Å². The van der Waals surface area contributed by atoms with E-state index in [0.29, 0.717) is 6.42 Å². The molecule has 0 heterocycles. The van der Waals surface area contributed by atoms with Gasteiger partial charge in [-0.05, 0) is 77.3 Å². The highest BCUT2D eigenvalue weighted by molar-refractivity contribution is 5.69. The van der Waals surface area contributed by atoms with Crippen LogP contribution in [0.25, 0.3) is 0 Å². The summed E-state index contributed by atoms with van der Waals surface area (Å²) in [5.74, 6) is -0.0108. The van der Waals surface area contributed by atoms with Gasteiger partial charge in [0.05, 0.1) is 6.61 Å². The predicted octanol–water partition coefficient (Wildman–Crippen LogP) is 11.9. The molecule has 0 aromatic carbocycles. The third-order valence-corrected chi connectivity index (χ3v) is 9.67. The normalized spacial score (nSPS) is 12.4. The summed E-state index contributed by atoms with van der Waals surface area (Å²) in [6.07, 6.45) is 34.2. The van der Waals surface area contributed by atoms with Gasteiger partial charge in [0, 0.05) is 26.2 Å². The summed E-state index contributed by atoms with van der Waals surface area (Å²) < 4.78 is 18.2. The molecule has 0 aliphatic heterocycles. The molecule has 0 aromatic heterocycles. The van der Waals surface area contributed by atoms with E-state index < -0.39 is 0 Å². The molecule has 0 aliphatic carbocycles. The minimum absolute atomic E-state index is 0.0108. The van der Waals surface area contributed by atoms with E-state index in [0.717, 1.165) is 103 Å². The molecule has 0 aromatic rings. The molecule has 0 saturated carbocycles. The van der Waals surface area contributed by atoms with E-state index in [-0.39, 0.29) is 25.0 Å². The van der Waals surface area contributed by atoms with Crippen LogP contribution in [0.2, 0.25) is 0 Å². The maximum Gasteiger partial charge on any atom is 0.306 e. The zero-order valence-corrected chi connectivity index (χ0v) is 32.9. The number of unbranched alkanes of at least 4 members (excludes halogenated alkanes) is 20. The summed E-state index contributed by atoms with van der Waals surface area (Å²) in [7, 11) is 0. The number of aliphatic hydroxyl groups is 1. The van der Waals surface area contributed by atoms with Gasteiger partial charge in [0.1, 0.15) is 6.10 Å². The second-order valence-corrected chi connectivity index (χ2v) is 14.4. The average molecular weight is 684 g/mol. The zero-order chi connectivity index (χ0) is 35.2. The summed E-state index contributed by atoms with van der Waals surface area (Å²) in [6, 6.07) is 0. The van der Waals surface area contributed by atoms with Crippen molar-refractivity contribution in [3.63, 3.8) is 0 Å². The smallest absolute Gasteiger partial charge is 0.306 e. The molecule has 1 N–H and O–H groups in total. The second-order valence-electron chi connectivity index (χ2n) is 14.4. The van der Waals surface area contributed by atoms with Crippen LogP contribution in [0.4, 0.5) is 0 Å². The van der Waals surface area contributed by atoms with Crippen molar-refractivity contribution in [3.8, 4) is 0 Å². The molecule has 6 heteroatoms. The number of hydrogen-bond donors (Lipinski definition) is 1. The van der Waals surface area contributed by atoms with Gasteiger partial charge in [-0.25, -0.2) is 0 Å². The Hall–Kier alpha value is -0.690. The number of nitrogens with zero attached hydrogens (tertiary/aromatic N) is 1. The highest BCUT2D eigenvalue weighted by atomic mass is 16.7. The number of carbonyl (C=O) groups excluding carboxylic acids is 1. The molecule has 0 rings (SSSR count). The standard InChI is InChI=1S/C42H85NO5/c1-5-9-12-15-22-29-38-46-42(47-39-30-23-16-13-10-6-2)33-26-19-21-28-35-43(36-37-44)34-27-20-17-18-25-32-41(45)48-40(8-4)31-24-14-11-7-3/h40,42,44H,5-39H2,1-4H3. The lowest BCUT2D eigenvalue weighted by Crippen LogP contribution is -2.29. The fourth-order valence-electron chi connectivity index (χ4n) is 6.41. The lowest BCUT2D eigenvalue weighted by atomic mass is 10.1. The van der Waals surface area contributed by atoms with Gasteiger partial charge in [-0.15, -0.1) is 0 Å². The quantitative estimate of drug-likeness (QED) is 0.0394. The molecule has 0 saturated heterocycles. The number of hydrogen-bond acceptors (Lipinski definition) is 6. The largest absolute Gasteiger partial charge is 0.462 e. The fourth-order valence-corrected chi connectivity index (χ4v) is 6.41. The predicted molar refractivity (Wildman–Crippen MR) is 206 cm³/mol. The molecular weight excluding hydrogens is 598 g/mol. The van der Waals surface area contributed by atoms with Gasteiger partial charge in [-0.2, -0.15) is 0 Å². The maximum atomic E-state index is 12.3. The number of carbonyl (C=O) groups is 1. The lowest BCUT2D eigenvalue weighted by molar-refractivity contribution is -0.149. The molecule has 6 nitrogen and oxygen atoms in total. The Balaban J connectivity index is 4.09. The van der Waals surface area contributed by atoms with Crippen LogP contribution in [0.3, 0.4) is 0 Å². The molecule has 0 amide bonds. The van der Waals surface area contributed by atoms with Crippen molar-refractivity contribution in [2.45, 2.75) is 226 Å². The third kappa shape index (κ3) is 33.8. The van der Waals surface area contributed by atoms with Crippen molar-refractivity contribution < 1.29 is 24.1 Å². The van der Waals surface area contributed by atoms with Gasteiger partial charge in [0.15, 0.2) is 6.29 Å². The molecule has 288 valence electrons. The summed E-state index contributed by atoms with van der Waals surface area (Å²) in [5.41, 5.74) is 0. The Labute approximate surface area is 300 Å². The van der Waals surface area contributed by atoms with Crippen LogP contribution < -0.4 is 0 Å². The van der Waals surface area contributed by atoms with E-state index in [2.05, 4.69) is 32.6 Å². The first-order valence-electron chi connectivity index (χ1n) is 21.4. The Morgan fingerprint density at radius 2 is 0.958 bits per heavy atom. The van der Waals surface area contributed by atoms with Gasteiger partial charge in [0.2, 0.25) is 0 Å². The van der Waals surface area contributed by atoms with E-state index >= 15 is 0 Å². The first-order chi connectivity index (χ1) is 23.6. The molecular formula is C42H85NO5. The molecule has 48 heavy (non-hydrogen) atoms. The third-order valence-electron chi connectivity index (χ3n) is 9.67. The summed E-state index contributed by atoms with van der Waals surface area (Å²) in [4.78, 5) is 14.7. The van der Waals surface area contributed by atoms with Gasteiger partial charge < -0.3 is 24.2 Å². The highest BCUT2D eigenvalue weighted by Crippen LogP contribution is 2.16. The van der Waals surface area contributed by atoms with Gasteiger partial charge >= 0.3 is 5.97 Å². The Morgan fingerprint density at radius 1 is 0.521 bits per heavy atom. The minimum atomic E-state index is -0.0404. The Bertz CT molecular complexity index is 615. The topological polar surface area (TPSA) is 68.2 Å². The maximum absolute atomic E-state index is 12.3. The van der Waals surface area contributed by atoms with Crippen molar-refractivity contribution in [2.24, 2.45) is 0 Å². The number of esters is 1. The highest BCUT2D eigenvalue weighted by Gasteiger charge is 2.13. The summed E-state index contributed by atoms with van der Waals surface area (Å²) in [6.45, 7) is 13.7. The molecule has 1 atom stereocenters. The first kappa shape index (κ1) is 47.3. The van der Waals surface area contributed by atoms with Crippen LogP contribution in [0.15, 0.2) is 0 Å². The monoisotopic (exact) mass is 684 g/mol. The lowest BCUT2D eigenvalue weighted by Gasteiger charge is -2.21. The van der Waals surface area contributed by atoms with Crippen molar-refractivity contribution in [3.05, 3.63) is 0 Å². The van der Waals surface area contributed by atoms with Crippen LogP contribution in [-0.2, 0) is 19.0 Å². The van der Waals surface area contributed by atoms with Crippen molar-refractivity contribution in [2.75, 3.05) is 39.5 Å². The molecule has 0 aliphatic rings. The Kier molecular flexibility index (Phi) is 38.5.